The maximum absolute atomic E-state index is 10.5. The number of carbonyl (C=O) groups is 2. The molecule has 1 aliphatic rings. The first-order valence-electron chi connectivity index (χ1n) is 3.74. The van der Waals surface area contributed by atoms with Crippen molar-refractivity contribution in [3.8, 4) is 0 Å². The number of nitrogens with two attached hydrogens (primary N) is 1. The normalized spacial score (nSPS) is 19.9. The molecule has 0 radical (unpaired) electrons. The first-order chi connectivity index (χ1) is 6.02. The Morgan fingerprint density at radius 1 is 1.62 bits per heavy atom. The number of primary amides is 1. The van der Waals surface area contributed by atoms with E-state index in [-0.39, 0.29) is 19.8 Å². The molecule has 1 heterocycles. The number of ether oxygens (including phenoxy) is 3. The quantitative estimate of drug-likeness (QED) is 0.629. The zero-order valence-corrected chi connectivity index (χ0v) is 7.24. The van der Waals surface area contributed by atoms with Crippen LogP contribution in [-0.2, 0) is 14.2 Å². The van der Waals surface area contributed by atoms with Crippen molar-refractivity contribution in [2.45, 2.75) is 6.92 Å². The van der Waals surface area contributed by atoms with Crippen LogP contribution in [0.2, 0.25) is 0 Å². The highest BCUT2D eigenvalue weighted by Crippen LogP contribution is 2.22. The average molecular weight is 189 g/mol. The van der Waals surface area contributed by atoms with E-state index in [9.17, 15) is 9.59 Å². The van der Waals surface area contributed by atoms with Crippen LogP contribution in [0.25, 0.3) is 0 Å². The summed E-state index contributed by atoms with van der Waals surface area (Å²) in [6, 6.07) is 0. The first kappa shape index (κ1) is 9.63. The van der Waals surface area contributed by atoms with Gasteiger partial charge in [-0.2, -0.15) is 0 Å². The maximum Gasteiger partial charge on any atom is 0.508 e. The van der Waals surface area contributed by atoms with Crippen molar-refractivity contribution in [1.82, 2.24) is 0 Å². The summed E-state index contributed by atoms with van der Waals surface area (Å²) in [5.41, 5.74) is 4.29. The molecule has 2 N–H and O–H groups in total. The van der Waals surface area contributed by atoms with E-state index in [1.165, 1.54) is 0 Å². The van der Waals surface area contributed by atoms with Gasteiger partial charge in [-0.25, -0.2) is 9.59 Å². The van der Waals surface area contributed by atoms with Crippen LogP contribution < -0.4 is 5.73 Å². The van der Waals surface area contributed by atoms with E-state index in [2.05, 4.69) is 14.2 Å². The van der Waals surface area contributed by atoms with Gasteiger partial charge >= 0.3 is 12.2 Å². The lowest BCUT2D eigenvalue weighted by molar-refractivity contribution is -0.0725. The Labute approximate surface area is 74.9 Å². The second-order valence-electron chi connectivity index (χ2n) is 3.25. The Kier molecular flexibility index (Phi) is 2.60. The van der Waals surface area contributed by atoms with Gasteiger partial charge in [0.25, 0.3) is 0 Å². The first-order valence-corrected chi connectivity index (χ1v) is 3.74. The Balaban J connectivity index is 2.38. The molecule has 1 fully saturated rings. The van der Waals surface area contributed by atoms with Crippen molar-refractivity contribution in [2.24, 2.45) is 11.1 Å². The van der Waals surface area contributed by atoms with Crippen LogP contribution in [0.4, 0.5) is 9.59 Å². The Morgan fingerprint density at radius 3 is 2.62 bits per heavy atom. The number of cyclic esters (lactones) is 2. The highest BCUT2D eigenvalue weighted by Gasteiger charge is 2.34. The van der Waals surface area contributed by atoms with Gasteiger partial charge in [0, 0.05) is 0 Å². The van der Waals surface area contributed by atoms with E-state index in [1.54, 1.807) is 6.92 Å². The Bertz CT molecular complexity index is 217. The van der Waals surface area contributed by atoms with Gasteiger partial charge in [0.1, 0.15) is 19.8 Å². The summed E-state index contributed by atoms with van der Waals surface area (Å²) in [6.45, 7) is 2.18. The van der Waals surface area contributed by atoms with Crippen LogP contribution in [0.5, 0.6) is 0 Å². The summed E-state index contributed by atoms with van der Waals surface area (Å²) in [7, 11) is 0. The monoisotopic (exact) mass is 189 g/mol. The smallest absolute Gasteiger partial charge is 0.449 e. The predicted molar refractivity (Wildman–Crippen MR) is 40.9 cm³/mol. The van der Waals surface area contributed by atoms with Gasteiger partial charge in [0.2, 0.25) is 0 Å². The van der Waals surface area contributed by atoms with Crippen LogP contribution in [0.3, 0.4) is 0 Å². The number of hydrogen-bond donors (Lipinski definition) is 1. The van der Waals surface area contributed by atoms with Crippen molar-refractivity contribution in [3.63, 3.8) is 0 Å². The summed E-state index contributed by atoms with van der Waals surface area (Å²) >= 11 is 0. The number of carbonyl (C=O) groups excluding carboxylic acids is 2. The second-order valence-corrected chi connectivity index (χ2v) is 3.25. The molecule has 1 aliphatic heterocycles. The van der Waals surface area contributed by atoms with Gasteiger partial charge in [-0.05, 0) is 6.92 Å². The summed E-state index contributed by atoms with van der Waals surface area (Å²) < 4.78 is 13.9. The molecule has 6 nitrogen and oxygen atoms in total. The molecule has 1 amide bonds. The predicted octanol–water partition coefficient (Wildman–Crippen LogP) is 0.255. The molecule has 13 heavy (non-hydrogen) atoms. The molecule has 0 aromatic carbocycles. The zero-order chi connectivity index (χ0) is 9.90. The molecule has 0 bridgehead atoms. The third-order valence-corrected chi connectivity index (χ3v) is 1.64. The molecule has 74 valence electrons. The average Bonchev–Trinajstić information content (AvgIpc) is 2.08. The minimum absolute atomic E-state index is 0.0790. The molecule has 0 saturated carbocycles. The minimum Gasteiger partial charge on any atom is -0.449 e. The Morgan fingerprint density at radius 2 is 2.15 bits per heavy atom. The van der Waals surface area contributed by atoms with E-state index < -0.39 is 17.7 Å². The number of hydrogen-bond acceptors (Lipinski definition) is 5. The molecule has 0 atom stereocenters. The van der Waals surface area contributed by atoms with Crippen molar-refractivity contribution in [3.05, 3.63) is 0 Å². The minimum atomic E-state index is -0.849. The van der Waals surface area contributed by atoms with Crippen LogP contribution in [-0.4, -0.2) is 32.1 Å². The molecule has 0 aromatic heterocycles. The van der Waals surface area contributed by atoms with Crippen molar-refractivity contribution >= 4 is 12.2 Å². The summed E-state index contributed by atoms with van der Waals surface area (Å²) in [5.74, 6) is 0. The fraction of sp³-hybridized carbons (Fsp3) is 0.714. The molecular weight excluding hydrogens is 178 g/mol. The van der Waals surface area contributed by atoms with Crippen LogP contribution in [0.1, 0.15) is 6.92 Å². The summed E-state index contributed by atoms with van der Waals surface area (Å²) in [4.78, 5) is 20.8. The fourth-order valence-corrected chi connectivity index (χ4v) is 0.878. The standard InChI is InChI=1S/C7H11NO5/c1-7(2-11-5(8)9)3-12-6(10)13-4-7/h2-4H2,1H3,(H2,8,9). The molecule has 1 saturated heterocycles. The van der Waals surface area contributed by atoms with Gasteiger partial charge in [-0.3, -0.25) is 0 Å². The third-order valence-electron chi connectivity index (χ3n) is 1.64. The molecule has 0 aromatic rings. The lowest BCUT2D eigenvalue weighted by Gasteiger charge is -2.30. The Hall–Kier alpha value is -1.46. The topological polar surface area (TPSA) is 87.9 Å². The maximum atomic E-state index is 10.5. The summed E-state index contributed by atoms with van der Waals surface area (Å²) in [5, 5.41) is 0. The van der Waals surface area contributed by atoms with Gasteiger partial charge in [0.15, 0.2) is 0 Å². The van der Waals surface area contributed by atoms with E-state index in [0.29, 0.717) is 0 Å². The van der Waals surface area contributed by atoms with E-state index in [4.69, 9.17) is 5.73 Å². The zero-order valence-electron chi connectivity index (χ0n) is 7.24. The van der Waals surface area contributed by atoms with E-state index in [0.717, 1.165) is 0 Å². The molecule has 0 spiro atoms. The third kappa shape index (κ3) is 2.81. The van der Waals surface area contributed by atoms with Crippen LogP contribution in [0.15, 0.2) is 0 Å². The highest BCUT2D eigenvalue weighted by molar-refractivity contribution is 5.64. The molecule has 0 aliphatic carbocycles. The van der Waals surface area contributed by atoms with Gasteiger partial charge in [0.05, 0.1) is 5.41 Å². The largest absolute Gasteiger partial charge is 0.508 e. The SMILES string of the molecule is CC1(COC(N)=O)COC(=O)OC1. The van der Waals surface area contributed by atoms with Crippen molar-refractivity contribution in [1.29, 1.82) is 0 Å². The molecule has 6 heteroatoms. The highest BCUT2D eigenvalue weighted by atomic mass is 16.7. The van der Waals surface area contributed by atoms with E-state index >= 15 is 0 Å². The number of amides is 1. The second kappa shape index (κ2) is 3.51. The van der Waals surface area contributed by atoms with Gasteiger partial charge in [-0.15, -0.1) is 0 Å². The van der Waals surface area contributed by atoms with Gasteiger partial charge < -0.3 is 19.9 Å². The van der Waals surface area contributed by atoms with Crippen molar-refractivity contribution < 1.29 is 23.8 Å². The lowest BCUT2D eigenvalue weighted by Crippen LogP contribution is -2.41. The lowest BCUT2D eigenvalue weighted by atomic mass is 9.94. The number of rotatable bonds is 2. The summed E-state index contributed by atoms with van der Waals surface area (Å²) in [6.07, 6.45) is -1.55. The van der Waals surface area contributed by atoms with Crippen LogP contribution >= 0.6 is 0 Å². The van der Waals surface area contributed by atoms with Crippen molar-refractivity contribution in [2.75, 3.05) is 19.8 Å². The fourth-order valence-electron chi connectivity index (χ4n) is 0.878. The molecular formula is C7H11NO5. The molecule has 0 unspecified atom stereocenters. The van der Waals surface area contributed by atoms with E-state index in [1.807, 2.05) is 0 Å². The van der Waals surface area contributed by atoms with Gasteiger partial charge in [-0.1, -0.05) is 0 Å². The molecule has 1 rings (SSSR count). The van der Waals surface area contributed by atoms with Crippen LogP contribution in [0, 0.1) is 5.41 Å².